The molecule has 0 unspecified atom stereocenters. The summed E-state index contributed by atoms with van der Waals surface area (Å²) in [5.41, 5.74) is 6.33. The van der Waals surface area contributed by atoms with E-state index in [-0.39, 0.29) is 65.6 Å². The zero-order valence-electron chi connectivity index (χ0n) is 44.3. The van der Waals surface area contributed by atoms with Gasteiger partial charge in [0.15, 0.2) is 11.6 Å². The minimum absolute atomic E-state index is 0.00523. The molecular formula is C56H59Cl2N11O9. The smallest absolute Gasteiger partial charge is 0.330 e. The number of amides is 4. The quantitative estimate of drug-likeness (QED) is 0.0643. The number of nitrogens with one attached hydrogen (secondary N) is 2. The number of ether oxygens (including phenoxy) is 5. The van der Waals surface area contributed by atoms with Crippen molar-refractivity contribution in [3.63, 3.8) is 0 Å². The normalized spacial score (nSPS) is 13.6. The molecule has 1 fully saturated rings. The average molecular weight is 1100 g/mol. The highest BCUT2D eigenvalue weighted by Crippen LogP contribution is 2.49. The predicted octanol–water partition coefficient (Wildman–Crippen LogP) is 10.1. The van der Waals surface area contributed by atoms with Crippen LogP contribution >= 0.6 is 23.2 Å². The third kappa shape index (κ3) is 12.2. The van der Waals surface area contributed by atoms with Crippen LogP contribution in [0, 0.1) is 0 Å². The molecule has 6 aromatic rings. The lowest BCUT2D eigenvalue weighted by atomic mass is 10.0. The molecule has 0 saturated heterocycles. The maximum absolute atomic E-state index is 13.9. The van der Waals surface area contributed by atoms with Gasteiger partial charge in [-0.1, -0.05) is 54.6 Å². The number of halogens is 2. The fourth-order valence-corrected chi connectivity index (χ4v) is 9.41. The second-order valence-electron chi connectivity index (χ2n) is 18.2. The van der Waals surface area contributed by atoms with Crippen molar-refractivity contribution in [2.75, 3.05) is 97.9 Å². The van der Waals surface area contributed by atoms with Crippen molar-refractivity contribution in [3.05, 3.63) is 137 Å². The highest BCUT2D eigenvalue weighted by molar-refractivity contribution is 6.42. The number of carbonyl (C=O) groups is 4. The number of likely N-dealkylation sites (N-methyl/N-ethyl adjacent to an activating group) is 1. The largest absolute Gasteiger partial charge is 0.497 e. The van der Waals surface area contributed by atoms with Crippen LogP contribution in [-0.2, 0) is 40.3 Å². The van der Waals surface area contributed by atoms with E-state index in [4.69, 9.17) is 51.9 Å². The fourth-order valence-electron chi connectivity index (χ4n) is 8.70. The SMILES string of the molecule is C=CC(=O)Cc1cc(N(C)CCOC)ccc1Nc1ncc2c(n1)N(C)C(=O)N(c1cc(OC)cc(OC)c1)C2.C=CC(=O)Cc1ccccc1Nc1ncc2c(n1)N(C1CC1)C(=O)N(c1c(Cl)c(OC)cc(OC)c1Cl)C2. The molecule has 20 nitrogen and oxygen atoms in total. The van der Waals surface area contributed by atoms with Gasteiger partial charge in [0.2, 0.25) is 11.9 Å². The molecule has 2 aromatic heterocycles. The molecule has 78 heavy (non-hydrogen) atoms. The van der Waals surface area contributed by atoms with Gasteiger partial charge in [0.25, 0.3) is 0 Å². The Morgan fingerprint density at radius 3 is 1.86 bits per heavy atom. The van der Waals surface area contributed by atoms with Crippen LogP contribution in [0.3, 0.4) is 0 Å². The summed E-state index contributed by atoms with van der Waals surface area (Å²) in [6, 6.07) is 19.5. The van der Waals surface area contributed by atoms with Crippen molar-refractivity contribution in [1.82, 2.24) is 19.9 Å². The number of ketones is 2. The highest BCUT2D eigenvalue weighted by Gasteiger charge is 2.43. The van der Waals surface area contributed by atoms with Crippen LogP contribution in [0.2, 0.25) is 10.0 Å². The molecule has 2 N–H and O–H groups in total. The van der Waals surface area contributed by atoms with Crippen molar-refractivity contribution >= 4 is 98.8 Å². The molecule has 4 amide bonds. The molecule has 0 spiro atoms. The molecule has 1 saturated carbocycles. The summed E-state index contributed by atoms with van der Waals surface area (Å²) in [5, 5.41) is 6.84. The lowest BCUT2D eigenvalue weighted by Crippen LogP contribution is -2.49. The monoisotopic (exact) mass is 1100 g/mol. The van der Waals surface area contributed by atoms with Crippen LogP contribution in [0.25, 0.3) is 0 Å². The highest BCUT2D eigenvalue weighted by atomic mass is 35.5. The Morgan fingerprint density at radius 1 is 0.718 bits per heavy atom. The number of fused-ring (bicyclic) bond motifs is 2. The Labute approximate surface area is 462 Å². The van der Waals surface area contributed by atoms with E-state index in [9.17, 15) is 19.2 Å². The van der Waals surface area contributed by atoms with E-state index in [1.54, 1.807) is 74.8 Å². The van der Waals surface area contributed by atoms with Gasteiger partial charge in [-0.25, -0.2) is 19.6 Å². The van der Waals surface area contributed by atoms with E-state index >= 15 is 0 Å². The molecule has 406 valence electrons. The summed E-state index contributed by atoms with van der Waals surface area (Å²) >= 11 is 13.3. The number of hydrogen-bond donors (Lipinski definition) is 2. The van der Waals surface area contributed by atoms with Gasteiger partial charge < -0.3 is 39.2 Å². The van der Waals surface area contributed by atoms with Gasteiger partial charge in [-0.05, 0) is 60.4 Å². The van der Waals surface area contributed by atoms with Gasteiger partial charge >= 0.3 is 12.1 Å². The minimum atomic E-state index is -0.305. The van der Waals surface area contributed by atoms with E-state index in [0.717, 1.165) is 40.8 Å². The van der Waals surface area contributed by atoms with Crippen LogP contribution in [0.5, 0.6) is 23.0 Å². The van der Waals surface area contributed by atoms with E-state index in [1.807, 2.05) is 49.5 Å². The molecule has 0 atom stereocenters. The van der Waals surface area contributed by atoms with Crippen LogP contribution in [0.4, 0.5) is 61.6 Å². The summed E-state index contributed by atoms with van der Waals surface area (Å²) in [6.07, 6.45) is 8.04. The summed E-state index contributed by atoms with van der Waals surface area (Å²) in [4.78, 5) is 78.2. The standard InChI is InChI=1S/C29H34N6O5.C27H25Cl2N5O4/c1-7-23(36)13-19-12-21(33(2)10-11-38-4)8-9-26(19)31-28-30-17-20-18-35(29(37)34(3)27(20)32-28)22-14-24(39-5)16-25(15-22)40-6;1-4-18(35)11-15-7-5-6-8-19(15)31-26-30-13-16-14-33(27(36)34(17-9-10-17)25(16)32-26)24-22(28)20(37-2)12-21(38-3)23(24)29/h7-9,12,14-17H,1,10-11,13,18H2,2-6H3,(H,30,31,32);4-8,12-13,17H,1,9-11,14H2,2-3H3,(H,30,31,32). The first-order valence-electron chi connectivity index (χ1n) is 24.6. The van der Waals surface area contributed by atoms with Crippen molar-refractivity contribution in [2.24, 2.45) is 0 Å². The van der Waals surface area contributed by atoms with Crippen LogP contribution < -0.4 is 54.1 Å². The molecule has 1 aliphatic carbocycles. The minimum Gasteiger partial charge on any atom is -0.497 e. The van der Waals surface area contributed by atoms with Gasteiger partial charge in [0.1, 0.15) is 44.7 Å². The second-order valence-corrected chi connectivity index (χ2v) is 18.9. The zero-order chi connectivity index (χ0) is 55.8. The van der Waals surface area contributed by atoms with Crippen LogP contribution in [0.15, 0.2) is 104 Å². The fraction of sp³-hybridized carbons (Fsp3) is 0.286. The summed E-state index contributed by atoms with van der Waals surface area (Å²) in [7, 11) is 11.4. The third-order valence-corrected chi connectivity index (χ3v) is 13.8. The van der Waals surface area contributed by atoms with Crippen molar-refractivity contribution in [2.45, 2.75) is 44.8 Å². The Hall–Kier alpha value is -8.46. The van der Waals surface area contributed by atoms with Crippen molar-refractivity contribution < 1.29 is 42.9 Å². The first-order valence-corrected chi connectivity index (χ1v) is 25.4. The summed E-state index contributed by atoms with van der Waals surface area (Å²) < 4.78 is 26.7. The molecule has 2 aliphatic heterocycles. The van der Waals surface area contributed by atoms with Crippen molar-refractivity contribution in [1.29, 1.82) is 0 Å². The molecule has 9 rings (SSSR count). The van der Waals surface area contributed by atoms with Gasteiger partial charge in [-0.3, -0.25) is 29.2 Å². The number of para-hydroxylation sites is 1. The maximum Gasteiger partial charge on any atom is 0.330 e. The van der Waals surface area contributed by atoms with Gasteiger partial charge in [-0.2, -0.15) is 9.97 Å². The van der Waals surface area contributed by atoms with Crippen molar-refractivity contribution in [3.8, 4) is 23.0 Å². The molecule has 3 aliphatic rings. The number of hydrogen-bond acceptors (Lipinski definition) is 16. The Balaban J connectivity index is 0.000000206. The van der Waals surface area contributed by atoms with Gasteiger partial charge in [-0.15, -0.1) is 0 Å². The summed E-state index contributed by atoms with van der Waals surface area (Å²) in [6.45, 7) is 8.85. The molecule has 4 heterocycles. The molecule has 0 bridgehead atoms. The number of aromatic nitrogens is 4. The third-order valence-electron chi connectivity index (χ3n) is 13.1. The molecule has 22 heteroatoms. The summed E-state index contributed by atoms with van der Waals surface area (Å²) in [5.74, 6) is 3.26. The Bertz CT molecular complexity index is 3240. The number of nitrogens with zero attached hydrogens (tertiary/aromatic N) is 9. The predicted molar refractivity (Wildman–Crippen MR) is 303 cm³/mol. The second kappa shape index (κ2) is 24.7. The van der Waals surface area contributed by atoms with Gasteiger partial charge in [0, 0.05) is 111 Å². The number of urea groups is 2. The topological polar surface area (TPSA) is 206 Å². The van der Waals surface area contributed by atoms with E-state index in [1.165, 1.54) is 36.2 Å². The Morgan fingerprint density at radius 2 is 1.28 bits per heavy atom. The number of benzene rings is 4. The zero-order valence-corrected chi connectivity index (χ0v) is 45.8. The lowest BCUT2D eigenvalue weighted by Gasteiger charge is -2.37. The molecule has 0 radical (unpaired) electrons. The Kier molecular flexibility index (Phi) is 17.6. The maximum atomic E-state index is 13.9. The number of anilines is 9. The molecule has 4 aromatic carbocycles. The van der Waals surface area contributed by atoms with E-state index in [2.05, 4.69) is 43.6 Å². The first-order chi connectivity index (χ1) is 37.6. The average Bonchev–Trinajstić information content (AvgIpc) is 4.36. The van der Waals surface area contributed by atoms with Crippen LogP contribution in [0.1, 0.15) is 35.1 Å². The first kappa shape index (κ1) is 55.8. The van der Waals surface area contributed by atoms with E-state index < -0.39 is 0 Å². The van der Waals surface area contributed by atoms with Gasteiger partial charge in [0.05, 0.1) is 59.5 Å². The van der Waals surface area contributed by atoms with Crippen LogP contribution in [-0.4, -0.2) is 112 Å². The number of allylic oxidation sites excluding steroid dienone is 2. The number of methoxy groups -OCH3 is 5. The number of rotatable bonds is 21. The van der Waals surface area contributed by atoms with E-state index in [0.29, 0.717) is 82.4 Å². The lowest BCUT2D eigenvalue weighted by molar-refractivity contribution is -0.114. The molecular weight excluding hydrogens is 1040 g/mol. The number of carbonyl (C=O) groups excluding carboxylic acids is 4.